The largest absolute Gasteiger partial charge is 0.480 e. The first kappa shape index (κ1) is 12.3. The number of carbonyl (C=O) groups is 1. The summed E-state index contributed by atoms with van der Waals surface area (Å²) in [5, 5.41) is 11.9. The molecule has 0 fully saturated rings. The van der Waals surface area contributed by atoms with Gasteiger partial charge in [-0.25, -0.2) is 4.79 Å². The zero-order chi connectivity index (χ0) is 11.4. The molecule has 0 aliphatic rings. The second-order valence-electron chi connectivity index (χ2n) is 3.41. The number of anilines is 1. The summed E-state index contributed by atoms with van der Waals surface area (Å²) in [4.78, 5) is 10.8. The molecule has 1 atom stereocenters. The molecule has 0 aromatic heterocycles. The van der Waals surface area contributed by atoms with Crippen LogP contribution in [0.15, 0.2) is 18.2 Å². The number of rotatable bonds is 4. The van der Waals surface area contributed by atoms with Crippen molar-refractivity contribution in [1.82, 2.24) is 0 Å². The fourth-order valence-corrected chi connectivity index (χ4v) is 1.74. The summed E-state index contributed by atoms with van der Waals surface area (Å²) in [7, 11) is 0. The highest BCUT2D eigenvalue weighted by Gasteiger charge is 2.14. The van der Waals surface area contributed by atoms with Crippen LogP contribution in [0.3, 0.4) is 0 Å². The van der Waals surface area contributed by atoms with Crippen LogP contribution in [-0.2, 0) is 4.79 Å². The average Bonchev–Trinajstić information content (AvgIpc) is 2.19. The van der Waals surface area contributed by atoms with Crippen LogP contribution >= 0.6 is 22.6 Å². The van der Waals surface area contributed by atoms with Crippen LogP contribution in [0, 0.1) is 10.5 Å². The second-order valence-corrected chi connectivity index (χ2v) is 4.57. The van der Waals surface area contributed by atoms with Gasteiger partial charge in [0.2, 0.25) is 0 Å². The Bertz CT molecular complexity index is 366. The molecule has 1 aromatic rings. The Morgan fingerprint density at radius 1 is 1.60 bits per heavy atom. The molecule has 3 nitrogen and oxygen atoms in total. The summed E-state index contributed by atoms with van der Waals surface area (Å²) in [5.74, 6) is -0.812. The third-order valence-corrected chi connectivity index (χ3v) is 3.38. The Morgan fingerprint density at radius 3 is 2.73 bits per heavy atom. The van der Waals surface area contributed by atoms with E-state index in [-0.39, 0.29) is 0 Å². The lowest BCUT2D eigenvalue weighted by atomic mass is 10.2. The number of hydrogen-bond acceptors (Lipinski definition) is 2. The Balaban J connectivity index is 2.80. The second kappa shape index (κ2) is 5.34. The van der Waals surface area contributed by atoms with Crippen molar-refractivity contribution in [3.05, 3.63) is 27.3 Å². The summed E-state index contributed by atoms with van der Waals surface area (Å²) in [6.45, 7) is 3.88. The van der Waals surface area contributed by atoms with Crippen molar-refractivity contribution in [2.75, 3.05) is 5.32 Å². The number of carboxylic acids is 1. The van der Waals surface area contributed by atoms with E-state index in [1.807, 2.05) is 32.0 Å². The Hall–Kier alpha value is -0.780. The standard InChI is InChI=1S/C11H14INO2/c1-3-10(11(14)15)13-8-5-4-7(2)9(12)6-8/h4-6,10,13H,3H2,1-2H3,(H,14,15). The molecule has 0 aliphatic carbocycles. The summed E-state index contributed by atoms with van der Waals surface area (Å²) in [6.07, 6.45) is 0.569. The van der Waals surface area contributed by atoms with Crippen LogP contribution in [-0.4, -0.2) is 17.1 Å². The number of hydrogen-bond donors (Lipinski definition) is 2. The van der Waals surface area contributed by atoms with Gasteiger partial charge in [-0.3, -0.25) is 0 Å². The van der Waals surface area contributed by atoms with Crippen LogP contribution in [0.1, 0.15) is 18.9 Å². The van der Waals surface area contributed by atoms with Gasteiger partial charge in [0.1, 0.15) is 6.04 Å². The lowest BCUT2D eigenvalue weighted by Gasteiger charge is -2.14. The zero-order valence-electron chi connectivity index (χ0n) is 8.75. The van der Waals surface area contributed by atoms with Crippen molar-refractivity contribution in [3.8, 4) is 0 Å². The van der Waals surface area contributed by atoms with Gasteiger partial charge in [-0.15, -0.1) is 0 Å². The molecule has 0 radical (unpaired) electrons. The fraction of sp³-hybridized carbons (Fsp3) is 0.364. The van der Waals surface area contributed by atoms with E-state index in [9.17, 15) is 4.79 Å². The molecule has 0 heterocycles. The number of carboxylic acid groups (broad SMARTS) is 1. The Labute approximate surface area is 103 Å². The quantitative estimate of drug-likeness (QED) is 0.839. The van der Waals surface area contributed by atoms with E-state index in [0.717, 1.165) is 9.26 Å². The lowest BCUT2D eigenvalue weighted by molar-refractivity contribution is -0.137. The molecule has 0 saturated carbocycles. The molecule has 0 amide bonds. The molecule has 15 heavy (non-hydrogen) atoms. The van der Waals surface area contributed by atoms with Crippen molar-refractivity contribution in [2.24, 2.45) is 0 Å². The van der Waals surface area contributed by atoms with E-state index in [1.54, 1.807) is 0 Å². The van der Waals surface area contributed by atoms with Crippen LogP contribution < -0.4 is 5.32 Å². The fourth-order valence-electron chi connectivity index (χ4n) is 1.22. The maximum atomic E-state index is 10.8. The maximum Gasteiger partial charge on any atom is 0.326 e. The number of aliphatic carboxylic acids is 1. The molecule has 1 unspecified atom stereocenters. The van der Waals surface area contributed by atoms with Crippen LogP contribution in [0.4, 0.5) is 5.69 Å². The van der Waals surface area contributed by atoms with Crippen molar-refractivity contribution >= 4 is 34.2 Å². The highest BCUT2D eigenvalue weighted by Crippen LogP contribution is 2.18. The normalized spacial score (nSPS) is 12.2. The smallest absolute Gasteiger partial charge is 0.326 e. The topological polar surface area (TPSA) is 49.3 Å². The number of nitrogens with one attached hydrogen (secondary N) is 1. The van der Waals surface area contributed by atoms with Gasteiger partial charge >= 0.3 is 5.97 Å². The van der Waals surface area contributed by atoms with Gasteiger partial charge < -0.3 is 10.4 Å². The molecule has 0 spiro atoms. The van der Waals surface area contributed by atoms with Gasteiger partial charge in [-0.1, -0.05) is 13.0 Å². The lowest BCUT2D eigenvalue weighted by Crippen LogP contribution is -2.28. The first-order valence-corrected chi connectivity index (χ1v) is 5.88. The molecular weight excluding hydrogens is 305 g/mol. The summed E-state index contributed by atoms with van der Waals surface area (Å²) in [5.41, 5.74) is 2.06. The minimum absolute atomic E-state index is 0.511. The average molecular weight is 319 g/mol. The van der Waals surface area contributed by atoms with E-state index in [0.29, 0.717) is 6.42 Å². The third-order valence-electron chi connectivity index (χ3n) is 2.22. The number of aryl methyl sites for hydroxylation is 1. The van der Waals surface area contributed by atoms with E-state index >= 15 is 0 Å². The molecule has 0 bridgehead atoms. The Kier molecular flexibility index (Phi) is 4.38. The van der Waals surface area contributed by atoms with Crippen LogP contribution in [0.5, 0.6) is 0 Å². The molecule has 2 N–H and O–H groups in total. The maximum absolute atomic E-state index is 10.8. The van der Waals surface area contributed by atoms with Crippen molar-refractivity contribution < 1.29 is 9.90 Å². The van der Waals surface area contributed by atoms with E-state index in [2.05, 4.69) is 27.9 Å². The number of benzene rings is 1. The van der Waals surface area contributed by atoms with Gasteiger partial charge in [-0.05, 0) is 53.6 Å². The molecular formula is C11H14INO2. The predicted octanol–water partition coefficient (Wildman–Crippen LogP) is 2.87. The first-order chi connectivity index (χ1) is 7.04. The zero-order valence-corrected chi connectivity index (χ0v) is 10.9. The van der Waals surface area contributed by atoms with Crippen LogP contribution in [0.25, 0.3) is 0 Å². The SMILES string of the molecule is CCC(Nc1ccc(C)c(I)c1)C(=O)O. The minimum atomic E-state index is -0.812. The van der Waals surface area contributed by atoms with Gasteiger partial charge in [-0.2, -0.15) is 0 Å². The minimum Gasteiger partial charge on any atom is -0.480 e. The Morgan fingerprint density at radius 2 is 2.27 bits per heavy atom. The highest BCUT2D eigenvalue weighted by molar-refractivity contribution is 14.1. The predicted molar refractivity (Wildman–Crippen MR) is 69.2 cm³/mol. The molecule has 1 rings (SSSR count). The van der Waals surface area contributed by atoms with Crippen LogP contribution in [0.2, 0.25) is 0 Å². The van der Waals surface area contributed by atoms with E-state index in [4.69, 9.17) is 5.11 Å². The van der Waals surface area contributed by atoms with E-state index in [1.165, 1.54) is 5.56 Å². The summed E-state index contributed by atoms with van der Waals surface area (Å²) < 4.78 is 1.14. The molecule has 82 valence electrons. The van der Waals surface area contributed by atoms with Crippen molar-refractivity contribution in [3.63, 3.8) is 0 Å². The summed E-state index contributed by atoms with van der Waals surface area (Å²) in [6, 6.07) is 5.34. The molecule has 1 aromatic carbocycles. The third kappa shape index (κ3) is 3.37. The molecule has 0 aliphatic heterocycles. The monoisotopic (exact) mass is 319 g/mol. The van der Waals surface area contributed by atoms with Crippen molar-refractivity contribution in [2.45, 2.75) is 26.3 Å². The highest BCUT2D eigenvalue weighted by atomic mass is 127. The summed E-state index contributed by atoms with van der Waals surface area (Å²) >= 11 is 2.24. The van der Waals surface area contributed by atoms with Gasteiger partial charge in [0.05, 0.1) is 0 Å². The van der Waals surface area contributed by atoms with Gasteiger partial charge in [0.25, 0.3) is 0 Å². The van der Waals surface area contributed by atoms with Gasteiger partial charge in [0, 0.05) is 9.26 Å². The van der Waals surface area contributed by atoms with Gasteiger partial charge in [0.15, 0.2) is 0 Å². The number of halogens is 1. The van der Waals surface area contributed by atoms with Crippen molar-refractivity contribution in [1.29, 1.82) is 0 Å². The van der Waals surface area contributed by atoms with E-state index < -0.39 is 12.0 Å². The molecule has 0 saturated heterocycles. The molecule has 4 heteroatoms. The first-order valence-electron chi connectivity index (χ1n) is 4.80.